The minimum Gasteiger partial charge on any atom is -0.494 e. The molecule has 0 bridgehead atoms. The van der Waals surface area contributed by atoms with Crippen LogP contribution in [-0.4, -0.2) is 18.3 Å². The van der Waals surface area contributed by atoms with E-state index in [4.69, 9.17) is 9.84 Å². The highest BCUT2D eigenvalue weighted by Crippen LogP contribution is 2.21. The number of hydrogen-bond donors (Lipinski definition) is 1. The molecule has 2 heteroatoms. The molecule has 0 heterocycles. The first-order valence-electron chi connectivity index (χ1n) is 5.43. The van der Waals surface area contributed by atoms with Crippen LogP contribution in [0.1, 0.15) is 26.7 Å². The van der Waals surface area contributed by atoms with Gasteiger partial charge in [0.2, 0.25) is 0 Å². The summed E-state index contributed by atoms with van der Waals surface area (Å²) >= 11 is 0. The summed E-state index contributed by atoms with van der Waals surface area (Å²) in [5.41, 5.74) is 0.0139. The van der Waals surface area contributed by atoms with Crippen LogP contribution in [0.25, 0.3) is 0 Å². The lowest BCUT2D eigenvalue weighted by Crippen LogP contribution is -2.17. The summed E-state index contributed by atoms with van der Waals surface area (Å²) in [6.45, 7) is 5.08. The Balaban J connectivity index is 2.18. The van der Waals surface area contributed by atoms with Crippen molar-refractivity contribution < 1.29 is 9.84 Å². The van der Waals surface area contributed by atoms with E-state index in [9.17, 15) is 0 Å². The van der Waals surface area contributed by atoms with Gasteiger partial charge in [-0.15, -0.1) is 0 Å². The zero-order valence-corrected chi connectivity index (χ0v) is 9.57. The molecule has 0 saturated heterocycles. The Morgan fingerprint density at radius 1 is 1.20 bits per heavy atom. The average Bonchev–Trinajstić information content (AvgIpc) is 2.26. The van der Waals surface area contributed by atoms with Crippen LogP contribution in [0.2, 0.25) is 0 Å². The Kier molecular flexibility index (Phi) is 4.63. The number of rotatable bonds is 6. The highest BCUT2D eigenvalue weighted by molar-refractivity contribution is 5.20. The number of ether oxygens (including phenoxy) is 1. The molecule has 1 aromatic carbocycles. The summed E-state index contributed by atoms with van der Waals surface area (Å²) in [6.07, 6.45) is 1.96. The standard InChI is InChI=1S/C13H20O2/c1-13(2,11-14)9-6-10-15-12-7-4-3-5-8-12/h3-5,7-8,14H,6,9-11H2,1-2H3. The molecule has 1 N–H and O–H groups in total. The maximum Gasteiger partial charge on any atom is 0.119 e. The Labute approximate surface area is 91.9 Å². The molecule has 0 aliphatic rings. The van der Waals surface area contributed by atoms with Gasteiger partial charge in [0.1, 0.15) is 5.75 Å². The molecule has 0 unspecified atom stereocenters. The fourth-order valence-electron chi connectivity index (χ4n) is 1.34. The Morgan fingerprint density at radius 3 is 2.47 bits per heavy atom. The van der Waals surface area contributed by atoms with Crippen LogP contribution in [0.5, 0.6) is 5.75 Å². The molecular formula is C13H20O2. The summed E-state index contributed by atoms with van der Waals surface area (Å²) in [4.78, 5) is 0. The summed E-state index contributed by atoms with van der Waals surface area (Å²) in [5.74, 6) is 0.916. The fraction of sp³-hybridized carbons (Fsp3) is 0.538. The van der Waals surface area contributed by atoms with Crippen LogP contribution in [0.4, 0.5) is 0 Å². The fourth-order valence-corrected chi connectivity index (χ4v) is 1.34. The van der Waals surface area contributed by atoms with E-state index in [1.54, 1.807) is 0 Å². The van der Waals surface area contributed by atoms with Crippen molar-refractivity contribution in [2.75, 3.05) is 13.2 Å². The lowest BCUT2D eigenvalue weighted by Gasteiger charge is -2.21. The van der Waals surface area contributed by atoms with E-state index in [-0.39, 0.29) is 12.0 Å². The maximum absolute atomic E-state index is 9.07. The normalized spacial score (nSPS) is 11.4. The number of aliphatic hydroxyl groups is 1. The van der Waals surface area contributed by atoms with Gasteiger partial charge in [-0.2, -0.15) is 0 Å². The lowest BCUT2D eigenvalue weighted by molar-refractivity contribution is 0.140. The Hall–Kier alpha value is -1.02. The molecule has 1 rings (SSSR count). The molecule has 0 aliphatic heterocycles. The largest absolute Gasteiger partial charge is 0.494 e. The summed E-state index contributed by atoms with van der Waals surface area (Å²) in [7, 11) is 0. The molecule has 0 spiro atoms. The predicted octanol–water partition coefficient (Wildman–Crippen LogP) is 2.86. The first kappa shape index (κ1) is 12.1. The number of aliphatic hydroxyl groups excluding tert-OH is 1. The predicted molar refractivity (Wildman–Crippen MR) is 62.0 cm³/mol. The zero-order chi connectivity index (χ0) is 11.1. The van der Waals surface area contributed by atoms with E-state index in [0.717, 1.165) is 18.6 Å². The third-order valence-corrected chi connectivity index (χ3v) is 2.44. The molecule has 0 aromatic heterocycles. The van der Waals surface area contributed by atoms with E-state index in [1.807, 2.05) is 30.3 Å². The van der Waals surface area contributed by atoms with E-state index in [0.29, 0.717) is 6.61 Å². The molecule has 0 amide bonds. The van der Waals surface area contributed by atoms with Crippen LogP contribution in [-0.2, 0) is 0 Å². The molecule has 0 saturated carbocycles. The van der Waals surface area contributed by atoms with Crippen molar-refractivity contribution in [3.05, 3.63) is 30.3 Å². The first-order valence-corrected chi connectivity index (χ1v) is 5.43. The van der Waals surface area contributed by atoms with E-state index < -0.39 is 0 Å². The van der Waals surface area contributed by atoms with Gasteiger partial charge in [0, 0.05) is 6.61 Å². The van der Waals surface area contributed by atoms with Gasteiger partial charge in [-0.25, -0.2) is 0 Å². The molecule has 0 radical (unpaired) electrons. The summed E-state index contributed by atoms with van der Waals surface area (Å²) in [5, 5.41) is 9.07. The van der Waals surface area contributed by atoms with Gasteiger partial charge < -0.3 is 9.84 Å². The zero-order valence-electron chi connectivity index (χ0n) is 9.57. The second-order valence-corrected chi connectivity index (χ2v) is 4.59. The van der Waals surface area contributed by atoms with Crippen molar-refractivity contribution in [1.29, 1.82) is 0 Å². The van der Waals surface area contributed by atoms with Crippen molar-refractivity contribution in [3.63, 3.8) is 0 Å². The average molecular weight is 208 g/mol. The molecular weight excluding hydrogens is 188 g/mol. The van der Waals surface area contributed by atoms with Crippen LogP contribution >= 0.6 is 0 Å². The van der Waals surface area contributed by atoms with Crippen molar-refractivity contribution in [1.82, 2.24) is 0 Å². The molecule has 2 nitrogen and oxygen atoms in total. The lowest BCUT2D eigenvalue weighted by atomic mass is 9.89. The van der Waals surface area contributed by atoms with Gasteiger partial charge in [-0.05, 0) is 30.4 Å². The maximum atomic E-state index is 9.07. The van der Waals surface area contributed by atoms with Crippen LogP contribution in [0, 0.1) is 5.41 Å². The van der Waals surface area contributed by atoms with E-state index in [2.05, 4.69) is 13.8 Å². The Morgan fingerprint density at radius 2 is 1.87 bits per heavy atom. The number of para-hydroxylation sites is 1. The van der Waals surface area contributed by atoms with Crippen molar-refractivity contribution in [2.24, 2.45) is 5.41 Å². The molecule has 84 valence electrons. The van der Waals surface area contributed by atoms with Crippen molar-refractivity contribution in [3.8, 4) is 5.75 Å². The van der Waals surface area contributed by atoms with Gasteiger partial charge in [0.15, 0.2) is 0 Å². The second kappa shape index (κ2) is 5.76. The highest BCUT2D eigenvalue weighted by atomic mass is 16.5. The minimum atomic E-state index is 0.0139. The summed E-state index contributed by atoms with van der Waals surface area (Å²) < 4.78 is 5.56. The molecule has 1 aromatic rings. The van der Waals surface area contributed by atoms with E-state index in [1.165, 1.54) is 0 Å². The van der Waals surface area contributed by atoms with Crippen LogP contribution < -0.4 is 4.74 Å². The van der Waals surface area contributed by atoms with Gasteiger partial charge in [0.05, 0.1) is 6.61 Å². The van der Waals surface area contributed by atoms with Gasteiger partial charge in [-0.3, -0.25) is 0 Å². The van der Waals surface area contributed by atoms with Crippen LogP contribution in [0.15, 0.2) is 30.3 Å². The number of benzene rings is 1. The minimum absolute atomic E-state index is 0.0139. The third-order valence-electron chi connectivity index (χ3n) is 2.44. The SMILES string of the molecule is CC(C)(CO)CCCOc1ccccc1. The van der Waals surface area contributed by atoms with Crippen molar-refractivity contribution in [2.45, 2.75) is 26.7 Å². The van der Waals surface area contributed by atoms with Crippen LogP contribution in [0.3, 0.4) is 0 Å². The topological polar surface area (TPSA) is 29.5 Å². The molecule has 15 heavy (non-hydrogen) atoms. The third kappa shape index (κ3) is 4.84. The van der Waals surface area contributed by atoms with Crippen molar-refractivity contribution >= 4 is 0 Å². The molecule has 0 atom stereocenters. The quantitative estimate of drug-likeness (QED) is 0.728. The van der Waals surface area contributed by atoms with Gasteiger partial charge in [-0.1, -0.05) is 32.0 Å². The van der Waals surface area contributed by atoms with Gasteiger partial charge in [0.25, 0.3) is 0 Å². The smallest absolute Gasteiger partial charge is 0.119 e. The van der Waals surface area contributed by atoms with E-state index >= 15 is 0 Å². The Bertz CT molecular complexity index is 267. The second-order valence-electron chi connectivity index (χ2n) is 4.59. The molecule has 0 aliphatic carbocycles. The summed E-state index contributed by atoms with van der Waals surface area (Å²) in [6, 6.07) is 9.82. The molecule has 0 fully saturated rings. The monoisotopic (exact) mass is 208 g/mol. The first-order chi connectivity index (χ1) is 7.14. The number of hydrogen-bond acceptors (Lipinski definition) is 2. The highest BCUT2D eigenvalue weighted by Gasteiger charge is 2.15. The van der Waals surface area contributed by atoms with Gasteiger partial charge >= 0.3 is 0 Å².